The van der Waals surface area contributed by atoms with Crippen LogP contribution in [0, 0.1) is 0 Å². The van der Waals surface area contributed by atoms with Gasteiger partial charge in [0.05, 0.1) is 5.69 Å². The lowest BCUT2D eigenvalue weighted by molar-refractivity contribution is 0.445. The number of fused-ring (bicyclic) bond motifs is 2. The number of aryl methyl sites for hydroxylation is 1. The third-order valence-corrected chi connectivity index (χ3v) is 4.26. The van der Waals surface area contributed by atoms with Crippen molar-refractivity contribution in [3.8, 4) is 0 Å². The van der Waals surface area contributed by atoms with E-state index in [2.05, 4.69) is 20.4 Å². The molecule has 0 unspecified atom stereocenters. The van der Waals surface area contributed by atoms with Crippen LogP contribution in [0.3, 0.4) is 0 Å². The summed E-state index contributed by atoms with van der Waals surface area (Å²) in [5, 5.41) is 6.51. The second-order valence-electron chi connectivity index (χ2n) is 5.46. The Morgan fingerprint density at radius 1 is 1.16 bits per heavy atom. The van der Waals surface area contributed by atoms with Gasteiger partial charge >= 0.3 is 0 Å². The number of hydrogen-bond donors (Lipinski definition) is 2. The fourth-order valence-corrected chi connectivity index (χ4v) is 3.18. The van der Waals surface area contributed by atoms with E-state index in [1.54, 1.807) is 0 Å². The normalized spacial score (nSPS) is 20.0. The van der Waals surface area contributed by atoms with Crippen molar-refractivity contribution >= 4 is 5.78 Å². The van der Waals surface area contributed by atoms with Gasteiger partial charge in [-0.25, -0.2) is 4.98 Å². The maximum Gasteiger partial charge on any atom is 0.277 e. The molecule has 2 aliphatic rings. The van der Waals surface area contributed by atoms with Crippen molar-refractivity contribution in [3.05, 3.63) is 27.4 Å². The fourth-order valence-electron chi connectivity index (χ4n) is 3.18. The lowest BCUT2D eigenvalue weighted by atomic mass is 9.98. The van der Waals surface area contributed by atoms with Crippen molar-refractivity contribution in [2.24, 2.45) is 0 Å². The van der Waals surface area contributed by atoms with Gasteiger partial charge in [0.1, 0.15) is 5.82 Å². The molecule has 6 heteroatoms. The van der Waals surface area contributed by atoms with E-state index in [1.807, 2.05) is 0 Å². The summed E-state index contributed by atoms with van der Waals surface area (Å²) in [5.74, 6) is 1.87. The standard InChI is InChI=1S/C13H17N5O/c19-12-9-2-1-3-10(9)15-13-16-11(17-18(12)13)8-4-6-14-7-5-8/h8,14H,1-7H2,(H,15,16,17). The molecule has 2 aromatic rings. The van der Waals surface area contributed by atoms with Crippen LogP contribution in [0.4, 0.5) is 0 Å². The molecule has 1 saturated heterocycles. The average molecular weight is 259 g/mol. The minimum absolute atomic E-state index is 0.0465. The SMILES string of the molecule is O=c1c2c(nc3nc(C4CCNCC4)[nH]n13)CCC2. The second-order valence-corrected chi connectivity index (χ2v) is 5.46. The highest BCUT2D eigenvalue weighted by atomic mass is 16.1. The van der Waals surface area contributed by atoms with E-state index in [-0.39, 0.29) is 5.56 Å². The van der Waals surface area contributed by atoms with Crippen molar-refractivity contribution in [1.29, 1.82) is 0 Å². The molecule has 2 N–H and O–H groups in total. The summed E-state index contributed by atoms with van der Waals surface area (Å²) in [5.41, 5.74) is 1.87. The van der Waals surface area contributed by atoms with Crippen LogP contribution < -0.4 is 10.9 Å². The van der Waals surface area contributed by atoms with Crippen LogP contribution in [0.5, 0.6) is 0 Å². The summed E-state index contributed by atoms with van der Waals surface area (Å²) in [6.07, 6.45) is 4.93. The van der Waals surface area contributed by atoms with E-state index in [1.165, 1.54) is 4.52 Å². The molecule has 0 saturated carbocycles. The Morgan fingerprint density at radius 3 is 2.84 bits per heavy atom. The number of aromatic amines is 1. The van der Waals surface area contributed by atoms with Gasteiger partial charge in [0.2, 0.25) is 0 Å². The van der Waals surface area contributed by atoms with Crippen molar-refractivity contribution in [2.75, 3.05) is 13.1 Å². The van der Waals surface area contributed by atoms with E-state index in [9.17, 15) is 4.79 Å². The van der Waals surface area contributed by atoms with Crippen LogP contribution in [-0.2, 0) is 12.8 Å². The lowest BCUT2D eigenvalue weighted by Gasteiger charge is -2.19. The average Bonchev–Trinajstić information content (AvgIpc) is 3.06. The second kappa shape index (κ2) is 4.16. The van der Waals surface area contributed by atoms with E-state index < -0.39 is 0 Å². The summed E-state index contributed by atoms with van der Waals surface area (Å²) in [6.45, 7) is 2.03. The first-order valence-electron chi connectivity index (χ1n) is 7.04. The molecule has 6 nitrogen and oxygen atoms in total. The molecule has 4 rings (SSSR count). The van der Waals surface area contributed by atoms with Crippen molar-refractivity contribution in [1.82, 2.24) is 24.9 Å². The maximum atomic E-state index is 12.4. The first-order chi connectivity index (χ1) is 9.33. The molecule has 0 radical (unpaired) electrons. The van der Waals surface area contributed by atoms with Gasteiger partial charge in [-0.1, -0.05) is 0 Å². The molecule has 19 heavy (non-hydrogen) atoms. The zero-order valence-electron chi connectivity index (χ0n) is 10.8. The quantitative estimate of drug-likeness (QED) is 0.776. The number of piperidine rings is 1. The van der Waals surface area contributed by atoms with E-state index in [4.69, 9.17) is 0 Å². The summed E-state index contributed by atoms with van der Waals surface area (Å²) in [4.78, 5) is 21.4. The molecule has 3 heterocycles. The van der Waals surface area contributed by atoms with Gasteiger partial charge in [0, 0.05) is 11.5 Å². The molecule has 0 atom stereocenters. The van der Waals surface area contributed by atoms with E-state index in [0.29, 0.717) is 11.7 Å². The minimum Gasteiger partial charge on any atom is -0.317 e. The highest BCUT2D eigenvalue weighted by Crippen LogP contribution is 2.23. The number of rotatable bonds is 1. The number of aromatic nitrogens is 4. The zero-order chi connectivity index (χ0) is 12.8. The van der Waals surface area contributed by atoms with Crippen LogP contribution >= 0.6 is 0 Å². The minimum atomic E-state index is 0.0465. The van der Waals surface area contributed by atoms with Gasteiger partial charge in [0.25, 0.3) is 11.3 Å². The molecule has 0 aromatic carbocycles. The van der Waals surface area contributed by atoms with Crippen LogP contribution in [0.25, 0.3) is 5.78 Å². The Morgan fingerprint density at radius 2 is 2.00 bits per heavy atom. The molecular weight excluding hydrogens is 242 g/mol. The third kappa shape index (κ3) is 1.70. The Hall–Kier alpha value is -1.69. The van der Waals surface area contributed by atoms with Crippen LogP contribution in [0.15, 0.2) is 4.79 Å². The lowest BCUT2D eigenvalue weighted by Crippen LogP contribution is -2.27. The first kappa shape index (κ1) is 11.2. The van der Waals surface area contributed by atoms with Crippen LogP contribution in [0.1, 0.15) is 42.3 Å². The molecule has 2 aromatic heterocycles. The smallest absolute Gasteiger partial charge is 0.277 e. The van der Waals surface area contributed by atoms with E-state index >= 15 is 0 Å². The van der Waals surface area contributed by atoms with Crippen molar-refractivity contribution < 1.29 is 0 Å². The van der Waals surface area contributed by atoms with Crippen molar-refractivity contribution in [3.63, 3.8) is 0 Å². The van der Waals surface area contributed by atoms with Gasteiger partial charge in [-0.2, -0.15) is 9.50 Å². The van der Waals surface area contributed by atoms with Gasteiger partial charge in [0.15, 0.2) is 0 Å². The summed E-state index contributed by atoms with van der Waals surface area (Å²) < 4.78 is 1.53. The summed E-state index contributed by atoms with van der Waals surface area (Å²) in [7, 11) is 0. The topological polar surface area (TPSA) is 75.1 Å². The number of hydrogen-bond acceptors (Lipinski definition) is 4. The Labute approximate surface area is 110 Å². The highest BCUT2D eigenvalue weighted by molar-refractivity contribution is 5.35. The summed E-state index contributed by atoms with van der Waals surface area (Å²) >= 11 is 0. The molecule has 100 valence electrons. The molecular formula is C13H17N5O. The number of nitrogens with zero attached hydrogens (tertiary/aromatic N) is 3. The molecule has 0 bridgehead atoms. The van der Waals surface area contributed by atoms with E-state index in [0.717, 1.165) is 62.3 Å². The van der Waals surface area contributed by atoms with Crippen LogP contribution in [-0.4, -0.2) is 32.7 Å². The highest BCUT2D eigenvalue weighted by Gasteiger charge is 2.23. The monoisotopic (exact) mass is 259 g/mol. The van der Waals surface area contributed by atoms with Gasteiger partial charge < -0.3 is 5.32 Å². The number of H-pyrrole nitrogens is 1. The third-order valence-electron chi connectivity index (χ3n) is 4.26. The molecule has 1 aliphatic heterocycles. The molecule has 0 spiro atoms. The molecule has 1 fully saturated rings. The summed E-state index contributed by atoms with van der Waals surface area (Å²) in [6, 6.07) is 0. The van der Waals surface area contributed by atoms with Gasteiger partial charge in [-0.3, -0.25) is 9.89 Å². The Kier molecular flexibility index (Phi) is 2.44. The number of nitrogens with one attached hydrogen (secondary N) is 2. The van der Waals surface area contributed by atoms with Gasteiger partial charge in [-0.15, -0.1) is 0 Å². The van der Waals surface area contributed by atoms with Gasteiger partial charge in [-0.05, 0) is 45.2 Å². The largest absolute Gasteiger partial charge is 0.317 e. The molecule has 1 aliphatic carbocycles. The predicted molar refractivity (Wildman–Crippen MR) is 70.5 cm³/mol. The fraction of sp³-hybridized carbons (Fsp3) is 0.615. The first-order valence-corrected chi connectivity index (χ1v) is 7.04. The van der Waals surface area contributed by atoms with Crippen LogP contribution in [0.2, 0.25) is 0 Å². The predicted octanol–water partition coefficient (Wildman–Crippen LogP) is 0.373. The van der Waals surface area contributed by atoms with Crippen molar-refractivity contribution in [2.45, 2.75) is 38.0 Å². The maximum absolute atomic E-state index is 12.4. The Balaban J connectivity index is 1.83. The molecule has 0 amide bonds. The zero-order valence-corrected chi connectivity index (χ0v) is 10.8. The Bertz CT molecular complexity index is 680.